The van der Waals surface area contributed by atoms with Gasteiger partial charge in [0.15, 0.2) is 5.96 Å². The van der Waals surface area contributed by atoms with Crippen LogP contribution in [-0.4, -0.2) is 61.9 Å². The third-order valence-corrected chi connectivity index (χ3v) is 5.51. The number of hydrogen-bond donors (Lipinski definition) is 3. The van der Waals surface area contributed by atoms with Crippen LogP contribution in [0.1, 0.15) is 42.5 Å². The molecule has 0 spiro atoms. The van der Waals surface area contributed by atoms with Crippen molar-refractivity contribution >= 4 is 17.8 Å². The molecule has 3 N–H and O–H groups in total. The minimum Gasteiger partial charge on any atom is -0.355 e. The molecule has 0 aromatic heterocycles. The molecule has 2 fully saturated rings. The van der Waals surface area contributed by atoms with E-state index in [-0.39, 0.29) is 17.9 Å². The molecular formula is C21H31N5O2. The number of carbonyl (C=O) groups is 2. The van der Waals surface area contributed by atoms with Gasteiger partial charge >= 0.3 is 0 Å². The molecule has 0 bridgehead atoms. The van der Waals surface area contributed by atoms with Crippen molar-refractivity contribution in [3.8, 4) is 0 Å². The van der Waals surface area contributed by atoms with Gasteiger partial charge in [0.2, 0.25) is 5.91 Å². The minimum atomic E-state index is -0.0813. The van der Waals surface area contributed by atoms with Crippen LogP contribution in [0.25, 0.3) is 0 Å². The SMILES string of the molecule is CN=C(NCCNC(=O)c1ccccc1)NC1CCN(C(=O)C2CCCC2)C1. The third-order valence-electron chi connectivity index (χ3n) is 5.51. The lowest BCUT2D eigenvalue weighted by Gasteiger charge is -2.21. The Morgan fingerprint density at radius 2 is 1.79 bits per heavy atom. The highest BCUT2D eigenvalue weighted by Gasteiger charge is 2.32. The first-order valence-electron chi connectivity index (χ1n) is 10.3. The summed E-state index contributed by atoms with van der Waals surface area (Å²) in [7, 11) is 1.73. The van der Waals surface area contributed by atoms with Crippen molar-refractivity contribution in [2.45, 2.75) is 38.1 Å². The highest BCUT2D eigenvalue weighted by atomic mass is 16.2. The third kappa shape index (κ3) is 5.47. The van der Waals surface area contributed by atoms with Gasteiger partial charge in [0.05, 0.1) is 0 Å². The van der Waals surface area contributed by atoms with Crippen molar-refractivity contribution in [3.63, 3.8) is 0 Å². The van der Waals surface area contributed by atoms with Gasteiger partial charge in [-0.15, -0.1) is 0 Å². The van der Waals surface area contributed by atoms with Crippen LogP contribution in [0.4, 0.5) is 0 Å². The van der Waals surface area contributed by atoms with E-state index in [1.54, 1.807) is 19.2 Å². The topological polar surface area (TPSA) is 85.8 Å². The Morgan fingerprint density at radius 1 is 1.07 bits per heavy atom. The highest BCUT2D eigenvalue weighted by molar-refractivity contribution is 5.94. The fraction of sp³-hybridized carbons (Fsp3) is 0.571. The Balaban J connectivity index is 1.35. The van der Waals surface area contributed by atoms with E-state index in [9.17, 15) is 9.59 Å². The maximum absolute atomic E-state index is 12.6. The van der Waals surface area contributed by atoms with E-state index < -0.39 is 0 Å². The quantitative estimate of drug-likeness (QED) is 0.392. The van der Waals surface area contributed by atoms with E-state index in [0.717, 1.165) is 32.4 Å². The Hall–Kier alpha value is -2.57. The summed E-state index contributed by atoms with van der Waals surface area (Å²) in [6, 6.07) is 9.39. The van der Waals surface area contributed by atoms with E-state index in [1.165, 1.54) is 12.8 Å². The van der Waals surface area contributed by atoms with Gasteiger partial charge < -0.3 is 20.9 Å². The fourth-order valence-electron chi connectivity index (χ4n) is 3.95. The minimum absolute atomic E-state index is 0.0813. The first-order chi connectivity index (χ1) is 13.7. The highest BCUT2D eigenvalue weighted by Crippen LogP contribution is 2.27. The number of rotatable bonds is 6. The lowest BCUT2D eigenvalue weighted by molar-refractivity contribution is -0.134. The number of aliphatic imine (C=N–C) groups is 1. The number of guanidine groups is 1. The zero-order valence-corrected chi connectivity index (χ0v) is 16.6. The molecule has 1 aromatic carbocycles. The molecule has 1 atom stereocenters. The molecule has 1 saturated heterocycles. The molecule has 2 amide bonds. The number of nitrogens with one attached hydrogen (secondary N) is 3. The zero-order chi connectivity index (χ0) is 19.8. The molecule has 2 aliphatic rings. The largest absolute Gasteiger partial charge is 0.355 e. The summed E-state index contributed by atoms with van der Waals surface area (Å²) in [5.74, 6) is 1.19. The van der Waals surface area contributed by atoms with Crippen LogP contribution in [0.5, 0.6) is 0 Å². The summed E-state index contributed by atoms with van der Waals surface area (Å²) in [5.41, 5.74) is 0.656. The number of amides is 2. The van der Waals surface area contributed by atoms with Crippen LogP contribution in [-0.2, 0) is 4.79 Å². The summed E-state index contributed by atoms with van der Waals surface area (Å²) in [5, 5.41) is 9.50. The summed E-state index contributed by atoms with van der Waals surface area (Å²) in [6.45, 7) is 2.64. The molecule has 1 heterocycles. The number of likely N-dealkylation sites (tertiary alicyclic amines) is 1. The monoisotopic (exact) mass is 385 g/mol. The molecule has 28 heavy (non-hydrogen) atoms. The van der Waals surface area contributed by atoms with Crippen molar-refractivity contribution < 1.29 is 9.59 Å². The number of benzene rings is 1. The molecule has 1 aromatic rings. The van der Waals surface area contributed by atoms with Crippen molar-refractivity contribution in [1.29, 1.82) is 0 Å². The lowest BCUT2D eigenvalue weighted by atomic mass is 10.1. The second-order valence-electron chi connectivity index (χ2n) is 7.52. The van der Waals surface area contributed by atoms with E-state index in [1.807, 2.05) is 23.1 Å². The summed E-state index contributed by atoms with van der Waals surface area (Å²) >= 11 is 0. The van der Waals surface area contributed by atoms with Crippen LogP contribution >= 0.6 is 0 Å². The normalized spacial score (nSPS) is 20.2. The second-order valence-corrected chi connectivity index (χ2v) is 7.52. The van der Waals surface area contributed by atoms with Gasteiger partial charge in [0, 0.05) is 50.7 Å². The Kier molecular flexibility index (Phi) is 7.28. The molecule has 1 aliphatic carbocycles. The Morgan fingerprint density at radius 3 is 2.50 bits per heavy atom. The molecule has 1 aliphatic heterocycles. The van der Waals surface area contributed by atoms with Gasteiger partial charge in [-0.2, -0.15) is 0 Å². The lowest BCUT2D eigenvalue weighted by Crippen LogP contribution is -2.47. The van der Waals surface area contributed by atoms with Crippen LogP contribution < -0.4 is 16.0 Å². The molecule has 0 radical (unpaired) electrons. The Labute approximate surface area is 167 Å². The smallest absolute Gasteiger partial charge is 0.251 e. The standard InChI is InChI=1S/C21H31N5O2/c1-22-21(24-13-12-23-19(27)16-7-3-2-4-8-16)25-18-11-14-26(15-18)20(28)17-9-5-6-10-17/h2-4,7-8,17-18H,5-6,9-15H2,1H3,(H,23,27)(H2,22,24,25). The first kappa shape index (κ1) is 20.2. The summed E-state index contributed by atoms with van der Waals surface area (Å²) in [6.07, 6.45) is 5.40. The van der Waals surface area contributed by atoms with Gasteiger partial charge in [-0.3, -0.25) is 14.6 Å². The van der Waals surface area contributed by atoms with Gasteiger partial charge in [0.25, 0.3) is 5.91 Å². The molecule has 7 heteroatoms. The average Bonchev–Trinajstić information content (AvgIpc) is 3.42. The summed E-state index contributed by atoms with van der Waals surface area (Å²) < 4.78 is 0. The number of hydrogen-bond acceptors (Lipinski definition) is 3. The van der Waals surface area contributed by atoms with Gasteiger partial charge in [0.1, 0.15) is 0 Å². The van der Waals surface area contributed by atoms with Crippen molar-refractivity contribution in [3.05, 3.63) is 35.9 Å². The van der Waals surface area contributed by atoms with Crippen molar-refractivity contribution in [1.82, 2.24) is 20.9 Å². The van der Waals surface area contributed by atoms with Gasteiger partial charge in [-0.1, -0.05) is 31.0 Å². The maximum atomic E-state index is 12.6. The Bertz CT molecular complexity index is 685. The molecule has 3 rings (SSSR count). The van der Waals surface area contributed by atoms with Crippen molar-refractivity contribution in [2.24, 2.45) is 10.9 Å². The second kappa shape index (κ2) is 10.1. The molecule has 1 unspecified atom stereocenters. The maximum Gasteiger partial charge on any atom is 0.251 e. The van der Waals surface area contributed by atoms with E-state index in [2.05, 4.69) is 20.9 Å². The number of carbonyl (C=O) groups excluding carboxylic acids is 2. The molecule has 1 saturated carbocycles. The predicted octanol–water partition coefficient (Wildman–Crippen LogP) is 1.37. The van der Waals surface area contributed by atoms with Crippen LogP contribution in [0.2, 0.25) is 0 Å². The number of nitrogens with zero attached hydrogens (tertiary/aromatic N) is 2. The van der Waals surface area contributed by atoms with E-state index in [4.69, 9.17) is 0 Å². The summed E-state index contributed by atoms with van der Waals surface area (Å²) in [4.78, 5) is 30.8. The van der Waals surface area contributed by atoms with Gasteiger partial charge in [-0.05, 0) is 31.4 Å². The molecule has 7 nitrogen and oxygen atoms in total. The van der Waals surface area contributed by atoms with E-state index in [0.29, 0.717) is 30.5 Å². The zero-order valence-electron chi connectivity index (χ0n) is 16.6. The van der Waals surface area contributed by atoms with E-state index >= 15 is 0 Å². The average molecular weight is 386 g/mol. The van der Waals surface area contributed by atoms with Crippen LogP contribution in [0.15, 0.2) is 35.3 Å². The van der Waals surface area contributed by atoms with Gasteiger partial charge in [-0.25, -0.2) is 0 Å². The predicted molar refractivity (Wildman–Crippen MR) is 110 cm³/mol. The fourth-order valence-corrected chi connectivity index (χ4v) is 3.95. The van der Waals surface area contributed by atoms with Crippen LogP contribution in [0, 0.1) is 5.92 Å². The van der Waals surface area contributed by atoms with Crippen LogP contribution in [0.3, 0.4) is 0 Å². The first-order valence-corrected chi connectivity index (χ1v) is 10.3. The van der Waals surface area contributed by atoms with Crippen molar-refractivity contribution in [2.75, 3.05) is 33.2 Å². The molecule has 152 valence electrons. The molecular weight excluding hydrogens is 354 g/mol.